The molecule has 30 heavy (non-hydrogen) atoms. The first-order valence-electron chi connectivity index (χ1n) is 9.98. The van der Waals surface area contributed by atoms with Crippen LogP contribution in [0.25, 0.3) is 0 Å². The number of allylic oxidation sites excluding steroid dienone is 1. The molecule has 0 spiro atoms. The predicted octanol–water partition coefficient (Wildman–Crippen LogP) is 5.65. The summed E-state index contributed by atoms with van der Waals surface area (Å²) in [5.74, 6) is 0.121. The standard InChI is InChI=1S/C23H29N3O3S/c1-4-22(27)9-7-5-6-8-18-26(2)21-14-10-19(11-15-21)24-25-20-12-16-23(17-13-20)30(3,28)29/h4,10-17H,1,5-9,18H2,2-3H3. The van der Waals surface area contributed by atoms with Crippen LogP contribution >= 0.6 is 0 Å². The molecule has 0 fully saturated rings. The second-order valence-electron chi connectivity index (χ2n) is 7.24. The minimum Gasteiger partial charge on any atom is -0.375 e. The number of ketones is 1. The molecule has 6 nitrogen and oxygen atoms in total. The quantitative estimate of drug-likeness (QED) is 0.249. The van der Waals surface area contributed by atoms with E-state index in [9.17, 15) is 13.2 Å². The molecule has 0 saturated heterocycles. The van der Waals surface area contributed by atoms with E-state index in [0.717, 1.165) is 43.6 Å². The van der Waals surface area contributed by atoms with Gasteiger partial charge < -0.3 is 4.90 Å². The van der Waals surface area contributed by atoms with E-state index in [-0.39, 0.29) is 10.7 Å². The monoisotopic (exact) mass is 427 g/mol. The van der Waals surface area contributed by atoms with Crippen molar-refractivity contribution in [3.63, 3.8) is 0 Å². The van der Waals surface area contributed by atoms with Gasteiger partial charge in [-0.3, -0.25) is 4.79 Å². The third kappa shape index (κ3) is 7.91. The number of carbonyl (C=O) groups is 1. The van der Waals surface area contributed by atoms with Crippen molar-refractivity contribution < 1.29 is 13.2 Å². The maximum absolute atomic E-state index is 11.5. The van der Waals surface area contributed by atoms with Crippen molar-refractivity contribution in [2.75, 3.05) is 24.7 Å². The number of unbranched alkanes of at least 4 members (excludes halogenated alkanes) is 3. The van der Waals surface area contributed by atoms with Gasteiger partial charge in [-0.2, -0.15) is 10.2 Å². The van der Waals surface area contributed by atoms with Gasteiger partial charge in [0.15, 0.2) is 15.6 Å². The smallest absolute Gasteiger partial charge is 0.175 e. The summed E-state index contributed by atoms with van der Waals surface area (Å²) >= 11 is 0. The average molecular weight is 428 g/mol. The zero-order chi connectivity index (χ0) is 22.0. The van der Waals surface area contributed by atoms with E-state index in [1.807, 2.05) is 24.3 Å². The number of nitrogens with zero attached hydrogens (tertiary/aromatic N) is 3. The van der Waals surface area contributed by atoms with E-state index in [4.69, 9.17) is 0 Å². The van der Waals surface area contributed by atoms with Crippen molar-refractivity contribution in [2.45, 2.75) is 37.0 Å². The Bertz CT molecular complexity index is 966. The van der Waals surface area contributed by atoms with Crippen molar-refractivity contribution in [1.82, 2.24) is 0 Å². The minimum atomic E-state index is -3.21. The summed E-state index contributed by atoms with van der Waals surface area (Å²) < 4.78 is 23.0. The molecule has 0 bridgehead atoms. The lowest BCUT2D eigenvalue weighted by Gasteiger charge is -2.19. The largest absolute Gasteiger partial charge is 0.375 e. The number of hydrogen-bond acceptors (Lipinski definition) is 6. The maximum Gasteiger partial charge on any atom is 0.175 e. The van der Waals surface area contributed by atoms with E-state index < -0.39 is 9.84 Å². The summed E-state index contributed by atoms with van der Waals surface area (Å²) in [6.07, 6.45) is 7.31. The topological polar surface area (TPSA) is 79.2 Å². The zero-order valence-electron chi connectivity index (χ0n) is 17.6. The van der Waals surface area contributed by atoms with Gasteiger partial charge in [-0.05, 0) is 67.4 Å². The molecule has 7 heteroatoms. The van der Waals surface area contributed by atoms with E-state index >= 15 is 0 Å². The van der Waals surface area contributed by atoms with Crippen LogP contribution in [0.2, 0.25) is 0 Å². The van der Waals surface area contributed by atoms with Crippen LogP contribution in [0.5, 0.6) is 0 Å². The van der Waals surface area contributed by atoms with Crippen LogP contribution < -0.4 is 4.90 Å². The van der Waals surface area contributed by atoms with Gasteiger partial charge in [0.05, 0.1) is 16.3 Å². The van der Waals surface area contributed by atoms with Crippen LogP contribution in [-0.4, -0.2) is 34.0 Å². The molecule has 0 unspecified atom stereocenters. The van der Waals surface area contributed by atoms with Gasteiger partial charge in [0.1, 0.15) is 0 Å². The molecule has 0 atom stereocenters. The number of azo groups is 1. The van der Waals surface area contributed by atoms with Gasteiger partial charge in [0, 0.05) is 32.0 Å². The summed E-state index contributed by atoms with van der Waals surface area (Å²) in [5.41, 5.74) is 2.43. The van der Waals surface area contributed by atoms with Crippen LogP contribution in [0.1, 0.15) is 32.1 Å². The van der Waals surface area contributed by atoms with E-state index in [1.54, 1.807) is 12.1 Å². The third-order valence-corrected chi connectivity index (χ3v) is 5.86. The molecule has 0 aromatic heterocycles. The lowest BCUT2D eigenvalue weighted by atomic mass is 10.1. The van der Waals surface area contributed by atoms with Crippen molar-refractivity contribution in [3.05, 3.63) is 61.2 Å². The highest BCUT2D eigenvalue weighted by atomic mass is 32.2. The molecule has 0 amide bonds. The molecule has 2 rings (SSSR count). The number of benzene rings is 2. The third-order valence-electron chi connectivity index (χ3n) is 4.73. The second-order valence-corrected chi connectivity index (χ2v) is 9.25. The van der Waals surface area contributed by atoms with Crippen molar-refractivity contribution in [1.29, 1.82) is 0 Å². The van der Waals surface area contributed by atoms with Crippen LogP contribution in [-0.2, 0) is 14.6 Å². The molecule has 0 aliphatic heterocycles. The van der Waals surface area contributed by atoms with Crippen LogP contribution in [0.15, 0.2) is 76.3 Å². The van der Waals surface area contributed by atoms with Crippen LogP contribution in [0.3, 0.4) is 0 Å². The summed E-state index contributed by atoms with van der Waals surface area (Å²) in [6.45, 7) is 4.44. The molecule has 0 N–H and O–H groups in total. The van der Waals surface area contributed by atoms with Gasteiger partial charge in [-0.15, -0.1) is 0 Å². The van der Waals surface area contributed by atoms with E-state index in [1.165, 1.54) is 24.5 Å². The Balaban J connectivity index is 1.80. The fourth-order valence-corrected chi connectivity index (χ4v) is 3.51. The summed E-state index contributed by atoms with van der Waals surface area (Å²) in [5, 5.41) is 8.37. The highest BCUT2D eigenvalue weighted by Gasteiger charge is 2.06. The Kier molecular flexibility index (Phi) is 8.92. The molecule has 2 aromatic carbocycles. The summed E-state index contributed by atoms with van der Waals surface area (Å²) in [6, 6.07) is 14.1. The number of carbonyl (C=O) groups excluding carboxylic acids is 1. The normalized spacial score (nSPS) is 11.5. The fraction of sp³-hybridized carbons (Fsp3) is 0.348. The molecule has 0 aliphatic rings. The van der Waals surface area contributed by atoms with Gasteiger partial charge in [-0.25, -0.2) is 8.42 Å². The highest BCUT2D eigenvalue weighted by molar-refractivity contribution is 7.90. The first-order chi connectivity index (χ1) is 14.3. The van der Waals surface area contributed by atoms with Crippen LogP contribution in [0.4, 0.5) is 17.1 Å². The molecule has 2 aromatic rings. The molecule has 0 radical (unpaired) electrons. The summed E-state index contributed by atoms with van der Waals surface area (Å²) in [4.78, 5) is 13.6. The highest BCUT2D eigenvalue weighted by Crippen LogP contribution is 2.23. The van der Waals surface area contributed by atoms with E-state index in [0.29, 0.717) is 12.1 Å². The average Bonchev–Trinajstić information content (AvgIpc) is 2.74. The van der Waals surface area contributed by atoms with Crippen LogP contribution in [0, 0.1) is 0 Å². The lowest BCUT2D eigenvalue weighted by Crippen LogP contribution is -2.18. The fourth-order valence-electron chi connectivity index (χ4n) is 2.88. The number of rotatable bonds is 12. The Hall–Kier alpha value is -2.80. The van der Waals surface area contributed by atoms with Gasteiger partial charge in [0.2, 0.25) is 0 Å². The molecular formula is C23H29N3O3S. The SMILES string of the molecule is C=CC(=O)CCCCCCN(C)c1ccc(N=Nc2ccc(S(C)(=O)=O)cc2)cc1. The van der Waals surface area contributed by atoms with Crippen molar-refractivity contribution in [3.8, 4) is 0 Å². The molecule has 160 valence electrons. The zero-order valence-corrected chi connectivity index (χ0v) is 18.4. The molecule has 0 heterocycles. The first kappa shape index (κ1) is 23.5. The second kappa shape index (κ2) is 11.4. The van der Waals surface area contributed by atoms with Gasteiger partial charge >= 0.3 is 0 Å². The number of hydrogen-bond donors (Lipinski definition) is 0. The number of anilines is 1. The van der Waals surface area contributed by atoms with Crippen molar-refractivity contribution in [2.24, 2.45) is 10.2 Å². The number of sulfone groups is 1. The Labute approximate surface area is 179 Å². The summed E-state index contributed by atoms with van der Waals surface area (Å²) in [7, 11) is -1.15. The minimum absolute atomic E-state index is 0.121. The van der Waals surface area contributed by atoms with Gasteiger partial charge in [-0.1, -0.05) is 19.4 Å². The molecule has 0 saturated carbocycles. The molecule has 0 aliphatic carbocycles. The van der Waals surface area contributed by atoms with Crippen molar-refractivity contribution >= 4 is 32.7 Å². The maximum atomic E-state index is 11.5. The lowest BCUT2D eigenvalue weighted by molar-refractivity contribution is -0.114. The predicted molar refractivity (Wildman–Crippen MR) is 122 cm³/mol. The first-order valence-corrected chi connectivity index (χ1v) is 11.9. The molecular weight excluding hydrogens is 398 g/mol. The Morgan fingerprint density at radius 1 is 0.933 bits per heavy atom. The Morgan fingerprint density at radius 3 is 2.00 bits per heavy atom. The van der Waals surface area contributed by atoms with E-state index in [2.05, 4.69) is 28.8 Å². The van der Waals surface area contributed by atoms with Gasteiger partial charge in [0.25, 0.3) is 0 Å². The Morgan fingerprint density at radius 2 is 1.47 bits per heavy atom.